The molecule has 15 heavy (non-hydrogen) atoms. The summed E-state index contributed by atoms with van der Waals surface area (Å²) in [6.45, 7) is 0. The Morgan fingerprint density at radius 3 is 2.67 bits per heavy atom. The van der Waals surface area contributed by atoms with Crippen molar-refractivity contribution in [2.45, 2.75) is 25.7 Å². The van der Waals surface area contributed by atoms with Crippen molar-refractivity contribution in [3.8, 4) is 6.07 Å². The minimum atomic E-state index is 0.753. The van der Waals surface area contributed by atoms with Crippen LogP contribution in [0.15, 0.2) is 28.2 Å². The summed E-state index contributed by atoms with van der Waals surface area (Å²) in [7, 11) is 0. The van der Waals surface area contributed by atoms with E-state index >= 15 is 0 Å². The van der Waals surface area contributed by atoms with Crippen LogP contribution in [0.2, 0.25) is 0 Å². The molecular formula is C13H12BrN. The summed E-state index contributed by atoms with van der Waals surface area (Å²) in [4.78, 5) is 0. The summed E-state index contributed by atoms with van der Waals surface area (Å²) >= 11 is 3.38. The van der Waals surface area contributed by atoms with Gasteiger partial charge in [-0.1, -0.05) is 33.6 Å². The molecule has 0 aromatic heterocycles. The Kier molecular flexibility index (Phi) is 3.23. The van der Waals surface area contributed by atoms with Crippen LogP contribution in [0.1, 0.15) is 36.8 Å². The molecule has 2 rings (SSSR count). The van der Waals surface area contributed by atoms with Crippen LogP contribution in [0.4, 0.5) is 0 Å². The van der Waals surface area contributed by atoms with Gasteiger partial charge in [-0.25, -0.2) is 0 Å². The van der Waals surface area contributed by atoms with Crippen LogP contribution in [-0.2, 0) is 0 Å². The average molecular weight is 262 g/mol. The normalized spacial score (nSPS) is 15.1. The van der Waals surface area contributed by atoms with E-state index in [9.17, 15) is 0 Å². The van der Waals surface area contributed by atoms with Crippen molar-refractivity contribution in [2.75, 3.05) is 0 Å². The summed E-state index contributed by atoms with van der Waals surface area (Å²) < 4.78 is 0.965. The van der Waals surface area contributed by atoms with Gasteiger partial charge >= 0.3 is 0 Å². The van der Waals surface area contributed by atoms with Gasteiger partial charge in [0, 0.05) is 4.47 Å². The van der Waals surface area contributed by atoms with Gasteiger partial charge in [0.1, 0.15) is 0 Å². The van der Waals surface area contributed by atoms with Crippen LogP contribution in [0, 0.1) is 11.3 Å². The van der Waals surface area contributed by atoms with E-state index in [1.54, 1.807) is 0 Å². The standard InChI is InChI=1S/C13H12BrN/c14-13-6-5-11(12(8-13)9-15)7-10-3-1-2-4-10/h5-8H,1-4H2. The lowest BCUT2D eigenvalue weighted by Gasteiger charge is -2.01. The fourth-order valence-corrected chi connectivity index (χ4v) is 2.31. The van der Waals surface area contributed by atoms with Crippen molar-refractivity contribution >= 4 is 22.0 Å². The third-order valence-electron chi connectivity index (χ3n) is 2.74. The predicted molar refractivity (Wildman–Crippen MR) is 65.3 cm³/mol. The summed E-state index contributed by atoms with van der Waals surface area (Å²) in [5.41, 5.74) is 3.29. The van der Waals surface area contributed by atoms with Gasteiger partial charge in [0.2, 0.25) is 0 Å². The quantitative estimate of drug-likeness (QED) is 0.741. The Labute approximate surface area is 98.6 Å². The van der Waals surface area contributed by atoms with Crippen LogP contribution in [0.3, 0.4) is 0 Å². The Morgan fingerprint density at radius 2 is 2.00 bits per heavy atom. The van der Waals surface area contributed by atoms with Crippen LogP contribution < -0.4 is 0 Å². The molecular weight excluding hydrogens is 250 g/mol. The molecule has 0 spiro atoms. The van der Waals surface area contributed by atoms with Crippen LogP contribution in [0.5, 0.6) is 0 Å². The van der Waals surface area contributed by atoms with Crippen LogP contribution >= 0.6 is 15.9 Å². The molecule has 1 aliphatic rings. The maximum absolute atomic E-state index is 9.02. The molecule has 0 N–H and O–H groups in total. The van der Waals surface area contributed by atoms with E-state index in [2.05, 4.69) is 28.1 Å². The molecule has 1 aliphatic carbocycles. The number of halogens is 1. The molecule has 1 saturated carbocycles. The van der Waals surface area contributed by atoms with Gasteiger partial charge in [0.25, 0.3) is 0 Å². The van der Waals surface area contributed by atoms with Gasteiger partial charge < -0.3 is 0 Å². The molecule has 1 aromatic carbocycles. The number of nitriles is 1. The summed E-state index contributed by atoms with van der Waals surface area (Å²) in [6.07, 6.45) is 7.16. The van der Waals surface area contributed by atoms with Crippen molar-refractivity contribution in [1.29, 1.82) is 5.26 Å². The minimum Gasteiger partial charge on any atom is -0.192 e. The molecule has 1 nitrogen and oxygen atoms in total. The average Bonchev–Trinajstić information content (AvgIpc) is 2.73. The smallest absolute Gasteiger partial charge is 0.0998 e. The van der Waals surface area contributed by atoms with E-state index in [0.29, 0.717) is 0 Å². The molecule has 0 amide bonds. The molecule has 1 fully saturated rings. The third kappa shape index (κ3) is 2.49. The fourth-order valence-electron chi connectivity index (χ4n) is 1.94. The van der Waals surface area contributed by atoms with Gasteiger partial charge in [-0.05, 0) is 43.4 Å². The molecule has 0 radical (unpaired) electrons. The zero-order valence-electron chi connectivity index (χ0n) is 8.46. The Hall–Kier alpha value is -1.07. The highest BCUT2D eigenvalue weighted by Crippen LogP contribution is 2.27. The van der Waals surface area contributed by atoms with Crippen molar-refractivity contribution in [1.82, 2.24) is 0 Å². The van der Waals surface area contributed by atoms with E-state index in [1.807, 2.05) is 18.2 Å². The largest absolute Gasteiger partial charge is 0.192 e. The van der Waals surface area contributed by atoms with E-state index < -0.39 is 0 Å². The third-order valence-corrected chi connectivity index (χ3v) is 3.23. The monoisotopic (exact) mass is 261 g/mol. The van der Waals surface area contributed by atoms with Crippen LogP contribution in [-0.4, -0.2) is 0 Å². The fraction of sp³-hybridized carbons (Fsp3) is 0.308. The first-order valence-corrected chi connectivity index (χ1v) is 5.98. The second kappa shape index (κ2) is 4.63. The number of rotatable bonds is 1. The highest BCUT2D eigenvalue weighted by molar-refractivity contribution is 9.10. The molecule has 2 heteroatoms. The van der Waals surface area contributed by atoms with Crippen LogP contribution in [0.25, 0.3) is 6.08 Å². The number of hydrogen-bond acceptors (Lipinski definition) is 1. The predicted octanol–water partition coefficient (Wildman–Crippen LogP) is 4.28. The summed E-state index contributed by atoms with van der Waals surface area (Å²) in [5.74, 6) is 0. The molecule has 0 heterocycles. The number of nitrogens with zero attached hydrogens (tertiary/aromatic N) is 1. The Balaban J connectivity index is 2.36. The van der Waals surface area contributed by atoms with Gasteiger partial charge in [-0.15, -0.1) is 0 Å². The van der Waals surface area contributed by atoms with E-state index in [0.717, 1.165) is 15.6 Å². The molecule has 0 unspecified atom stereocenters. The van der Waals surface area contributed by atoms with Gasteiger partial charge in [0.05, 0.1) is 11.6 Å². The van der Waals surface area contributed by atoms with E-state index in [1.165, 1.54) is 31.3 Å². The second-order valence-corrected chi connectivity index (χ2v) is 4.77. The summed E-state index contributed by atoms with van der Waals surface area (Å²) in [5, 5.41) is 9.02. The maximum atomic E-state index is 9.02. The zero-order chi connectivity index (χ0) is 10.7. The lowest BCUT2D eigenvalue weighted by atomic mass is 10.0. The minimum absolute atomic E-state index is 0.753. The molecule has 0 aliphatic heterocycles. The van der Waals surface area contributed by atoms with Gasteiger partial charge in [-0.3, -0.25) is 0 Å². The van der Waals surface area contributed by atoms with Gasteiger partial charge in [-0.2, -0.15) is 5.26 Å². The van der Waals surface area contributed by atoms with Crippen molar-refractivity contribution in [3.05, 3.63) is 39.4 Å². The lowest BCUT2D eigenvalue weighted by Crippen LogP contribution is -1.83. The Morgan fingerprint density at radius 1 is 1.27 bits per heavy atom. The van der Waals surface area contributed by atoms with Crippen molar-refractivity contribution in [3.63, 3.8) is 0 Å². The molecule has 1 aromatic rings. The zero-order valence-corrected chi connectivity index (χ0v) is 10.0. The molecule has 0 bridgehead atoms. The van der Waals surface area contributed by atoms with E-state index in [-0.39, 0.29) is 0 Å². The number of hydrogen-bond donors (Lipinski definition) is 0. The SMILES string of the molecule is N#Cc1cc(Br)ccc1C=C1CCCC1. The summed E-state index contributed by atoms with van der Waals surface area (Å²) in [6, 6.07) is 8.11. The molecule has 0 atom stereocenters. The Bertz CT molecular complexity index is 432. The molecule has 0 saturated heterocycles. The topological polar surface area (TPSA) is 23.8 Å². The second-order valence-electron chi connectivity index (χ2n) is 3.85. The number of allylic oxidation sites excluding steroid dienone is 1. The number of benzene rings is 1. The first kappa shape index (κ1) is 10.4. The molecule has 76 valence electrons. The maximum Gasteiger partial charge on any atom is 0.0998 e. The van der Waals surface area contributed by atoms with E-state index in [4.69, 9.17) is 5.26 Å². The van der Waals surface area contributed by atoms with Crippen molar-refractivity contribution < 1.29 is 0 Å². The lowest BCUT2D eigenvalue weighted by molar-refractivity contribution is 0.886. The van der Waals surface area contributed by atoms with Gasteiger partial charge in [0.15, 0.2) is 0 Å². The van der Waals surface area contributed by atoms with Crippen molar-refractivity contribution in [2.24, 2.45) is 0 Å². The first-order chi connectivity index (χ1) is 7.29. The first-order valence-electron chi connectivity index (χ1n) is 5.19. The highest BCUT2D eigenvalue weighted by atomic mass is 79.9. The highest BCUT2D eigenvalue weighted by Gasteiger charge is 2.07.